The zero-order valence-corrected chi connectivity index (χ0v) is 9.89. The Hall–Kier alpha value is -2.41. The van der Waals surface area contributed by atoms with E-state index in [-0.39, 0.29) is 11.9 Å². The van der Waals surface area contributed by atoms with Crippen LogP contribution in [0.1, 0.15) is 24.2 Å². The van der Waals surface area contributed by atoms with Crippen molar-refractivity contribution < 1.29 is 4.39 Å². The highest BCUT2D eigenvalue weighted by molar-refractivity contribution is 5.47. The number of hydrogen-bond acceptors (Lipinski definition) is 3. The summed E-state index contributed by atoms with van der Waals surface area (Å²) in [5.74, 6) is -0.248. The van der Waals surface area contributed by atoms with Crippen molar-refractivity contribution >= 4 is 5.69 Å². The number of nitrogens with one attached hydrogen (secondary N) is 1. The minimum Gasteiger partial charge on any atom is -0.378 e. The van der Waals surface area contributed by atoms with Gasteiger partial charge in [-0.1, -0.05) is 12.1 Å². The average Bonchev–Trinajstić information content (AvgIpc) is 2.39. The molecule has 0 aliphatic heterocycles. The van der Waals surface area contributed by atoms with Gasteiger partial charge in [-0.2, -0.15) is 5.26 Å². The Labute approximate surface area is 105 Å². The summed E-state index contributed by atoms with van der Waals surface area (Å²) in [5.41, 5.74) is 2.16. The molecule has 0 saturated carbocycles. The smallest absolute Gasteiger partial charge is 0.142 e. The Morgan fingerprint density at radius 1 is 1.28 bits per heavy atom. The number of nitriles is 1. The van der Waals surface area contributed by atoms with Crippen molar-refractivity contribution in [3.8, 4) is 6.07 Å². The first-order chi connectivity index (χ1) is 8.69. The third-order valence-corrected chi connectivity index (χ3v) is 2.63. The van der Waals surface area contributed by atoms with Gasteiger partial charge in [0.2, 0.25) is 0 Å². The highest BCUT2D eigenvalue weighted by Crippen LogP contribution is 2.19. The van der Waals surface area contributed by atoms with E-state index in [4.69, 9.17) is 5.26 Å². The number of pyridine rings is 1. The molecule has 1 aromatic carbocycles. The van der Waals surface area contributed by atoms with Crippen LogP contribution in [0.2, 0.25) is 0 Å². The number of rotatable bonds is 3. The molecule has 1 heterocycles. The molecule has 1 aromatic heterocycles. The lowest BCUT2D eigenvalue weighted by Gasteiger charge is -2.15. The van der Waals surface area contributed by atoms with Crippen LogP contribution in [0.15, 0.2) is 42.6 Å². The van der Waals surface area contributed by atoms with Crippen LogP contribution < -0.4 is 5.32 Å². The van der Waals surface area contributed by atoms with Crippen LogP contribution in [-0.2, 0) is 0 Å². The normalized spacial score (nSPS) is 11.6. The van der Waals surface area contributed by atoms with Crippen molar-refractivity contribution in [3.63, 3.8) is 0 Å². The van der Waals surface area contributed by atoms with Gasteiger partial charge in [0.25, 0.3) is 0 Å². The number of anilines is 1. The maximum atomic E-state index is 12.8. The number of nitrogens with zero attached hydrogens (tertiary/aromatic N) is 2. The van der Waals surface area contributed by atoms with Gasteiger partial charge in [0.1, 0.15) is 17.6 Å². The van der Waals surface area contributed by atoms with E-state index in [1.807, 2.05) is 13.0 Å². The molecule has 3 nitrogen and oxygen atoms in total. The summed E-state index contributed by atoms with van der Waals surface area (Å²) in [4.78, 5) is 3.90. The van der Waals surface area contributed by atoms with E-state index in [9.17, 15) is 4.39 Å². The third-order valence-electron chi connectivity index (χ3n) is 2.63. The molecule has 0 radical (unpaired) electrons. The summed E-state index contributed by atoms with van der Waals surface area (Å²) < 4.78 is 12.8. The van der Waals surface area contributed by atoms with Gasteiger partial charge in [-0.05, 0) is 36.8 Å². The van der Waals surface area contributed by atoms with Gasteiger partial charge in [-0.3, -0.25) is 0 Å². The Bertz CT molecular complexity index is 572. The number of hydrogen-bond donors (Lipinski definition) is 1. The first-order valence-electron chi connectivity index (χ1n) is 5.57. The zero-order valence-electron chi connectivity index (χ0n) is 9.89. The molecule has 90 valence electrons. The Morgan fingerprint density at radius 3 is 2.67 bits per heavy atom. The van der Waals surface area contributed by atoms with Gasteiger partial charge in [0.05, 0.1) is 0 Å². The lowest BCUT2D eigenvalue weighted by atomic mass is 10.1. The SMILES string of the molecule is CC(Nc1ccnc(C#N)c1)c1ccc(F)cc1. The highest BCUT2D eigenvalue weighted by Gasteiger charge is 2.05. The van der Waals surface area contributed by atoms with Crippen LogP contribution in [0.25, 0.3) is 0 Å². The molecule has 0 aliphatic carbocycles. The average molecular weight is 241 g/mol. The van der Waals surface area contributed by atoms with Crippen molar-refractivity contribution in [1.29, 1.82) is 5.26 Å². The summed E-state index contributed by atoms with van der Waals surface area (Å²) >= 11 is 0. The van der Waals surface area contributed by atoms with E-state index in [2.05, 4.69) is 10.3 Å². The number of benzene rings is 1. The molecular weight excluding hydrogens is 229 g/mol. The molecule has 1 atom stereocenters. The first kappa shape index (κ1) is 12.1. The Morgan fingerprint density at radius 2 is 2.00 bits per heavy atom. The van der Waals surface area contributed by atoms with E-state index in [0.29, 0.717) is 5.69 Å². The number of halogens is 1. The van der Waals surface area contributed by atoms with Crippen molar-refractivity contribution in [1.82, 2.24) is 4.98 Å². The van der Waals surface area contributed by atoms with Gasteiger partial charge in [0.15, 0.2) is 0 Å². The number of aromatic nitrogens is 1. The summed E-state index contributed by atoms with van der Waals surface area (Å²) in [6.45, 7) is 1.97. The molecule has 0 spiro atoms. The Kier molecular flexibility index (Phi) is 3.54. The fourth-order valence-electron chi connectivity index (χ4n) is 1.67. The molecule has 1 N–H and O–H groups in total. The van der Waals surface area contributed by atoms with Gasteiger partial charge in [-0.25, -0.2) is 9.37 Å². The molecule has 0 saturated heterocycles. The highest BCUT2D eigenvalue weighted by atomic mass is 19.1. The summed E-state index contributed by atoms with van der Waals surface area (Å²) in [5, 5.41) is 12.0. The molecule has 18 heavy (non-hydrogen) atoms. The summed E-state index contributed by atoms with van der Waals surface area (Å²) in [6.07, 6.45) is 1.58. The largest absolute Gasteiger partial charge is 0.378 e. The van der Waals surface area contributed by atoms with Crippen molar-refractivity contribution in [2.24, 2.45) is 0 Å². The van der Waals surface area contributed by atoms with Gasteiger partial charge in [-0.15, -0.1) is 0 Å². The van der Waals surface area contributed by atoms with Crippen LogP contribution in [0.5, 0.6) is 0 Å². The second-order valence-electron chi connectivity index (χ2n) is 3.96. The fourth-order valence-corrected chi connectivity index (χ4v) is 1.67. The predicted molar refractivity (Wildman–Crippen MR) is 67.4 cm³/mol. The Balaban J connectivity index is 2.13. The third kappa shape index (κ3) is 2.83. The minimum absolute atomic E-state index is 0.0274. The van der Waals surface area contributed by atoms with E-state index in [0.717, 1.165) is 11.3 Å². The molecule has 2 aromatic rings. The molecule has 0 fully saturated rings. The van der Waals surface area contributed by atoms with Crippen molar-refractivity contribution in [2.75, 3.05) is 5.32 Å². The molecule has 0 amide bonds. The van der Waals surface area contributed by atoms with E-state index in [1.54, 1.807) is 30.5 Å². The maximum Gasteiger partial charge on any atom is 0.142 e. The van der Waals surface area contributed by atoms with Crippen molar-refractivity contribution in [3.05, 3.63) is 59.7 Å². The topological polar surface area (TPSA) is 48.7 Å². The second-order valence-corrected chi connectivity index (χ2v) is 3.96. The van der Waals surface area contributed by atoms with Crippen LogP contribution in [0, 0.1) is 17.1 Å². The quantitative estimate of drug-likeness (QED) is 0.897. The molecule has 4 heteroatoms. The second kappa shape index (κ2) is 5.28. The maximum absolute atomic E-state index is 12.8. The van der Waals surface area contributed by atoms with Gasteiger partial charge in [0, 0.05) is 17.9 Å². The van der Waals surface area contributed by atoms with E-state index < -0.39 is 0 Å². The predicted octanol–water partition coefficient (Wildman–Crippen LogP) is 3.27. The monoisotopic (exact) mass is 241 g/mol. The lowest BCUT2D eigenvalue weighted by Crippen LogP contribution is -2.06. The molecule has 1 unspecified atom stereocenters. The van der Waals surface area contributed by atoms with Gasteiger partial charge >= 0.3 is 0 Å². The van der Waals surface area contributed by atoms with Crippen LogP contribution in [0.4, 0.5) is 10.1 Å². The molecule has 0 aliphatic rings. The lowest BCUT2D eigenvalue weighted by molar-refractivity contribution is 0.626. The standard InChI is InChI=1S/C14H12FN3/c1-10(11-2-4-12(15)5-3-11)18-13-6-7-17-14(8-13)9-16/h2-8,10H,1H3,(H,17,18). The summed E-state index contributed by atoms with van der Waals surface area (Å²) in [6, 6.07) is 11.8. The van der Waals surface area contributed by atoms with Gasteiger partial charge < -0.3 is 5.32 Å². The first-order valence-corrected chi connectivity index (χ1v) is 5.57. The van der Waals surface area contributed by atoms with Crippen LogP contribution in [-0.4, -0.2) is 4.98 Å². The summed E-state index contributed by atoms with van der Waals surface area (Å²) in [7, 11) is 0. The van der Waals surface area contributed by atoms with E-state index in [1.165, 1.54) is 12.1 Å². The van der Waals surface area contributed by atoms with Crippen molar-refractivity contribution in [2.45, 2.75) is 13.0 Å². The van der Waals surface area contributed by atoms with Crippen LogP contribution >= 0.6 is 0 Å². The van der Waals surface area contributed by atoms with Crippen LogP contribution in [0.3, 0.4) is 0 Å². The zero-order chi connectivity index (χ0) is 13.0. The molecule has 2 rings (SSSR count). The molecule has 0 bridgehead atoms. The minimum atomic E-state index is -0.248. The molecular formula is C14H12FN3. The fraction of sp³-hybridized carbons (Fsp3) is 0.143. The van der Waals surface area contributed by atoms with E-state index >= 15 is 0 Å².